The maximum atomic E-state index is 2.73. The van der Waals surface area contributed by atoms with E-state index in [0.717, 1.165) is 12.8 Å². The van der Waals surface area contributed by atoms with Crippen molar-refractivity contribution in [2.75, 3.05) is 0 Å². The van der Waals surface area contributed by atoms with Crippen LogP contribution >= 0.6 is 24.8 Å². The maximum Gasteiger partial charge on any atom is -0.147 e. The Morgan fingerprint density at radius 1 is 0.571 bits per heavy atom. The maximum absolute atomic E-state index is 3.66. The number of halogens is 2. The van der Waals surface area contributed by atoms with Gasteiger partial charge in [0.1, 0.15) is 0 Å². The molecule has 0 saturated heterocycles. The van der Waals surface area contributed by atoms with E-state index in [9.17, 15) is 0 Å². The first-order valence-corrected chi connectivity index (χ1v) is 28.6. The average Bonchev–Trinajstić information content (AvgIpc) is 3.45. The predicted molar refractivity (Wildman–Crippen MR) is 158 cm³/mol. The molecule has 5 rings (SSSR count). The van der Waals surface area contributed by atoms with E-state index in [-0.39, 0.29) is 24.8 Å². The van der Waals surface area contributed by atoms with Gasteiger partial charge in [-0.1, -0.05) is 0 Å². The normalized spacial score (nSPS) is 15.9. The van der Waals surface area contributed by atoms with E-state index in [0.29, 0.717) is 0 Å². The predicted octanol–water partition coefficient (Wildman–Crippen LogP) is 7.96. The molecule has 2 aliphatic rings. The Kier molecular flexibility index (Phi) is 8.81. The quantitative estimate of drug-likeness (QED) is 0.248. The van der Waals surface area contributed by atoms with Gasteiger partial charge >= 0.3 is 206 Å². The molecule has 0 bridgehead atoms. The Morgan fingerprint density at radius 2 is 0.914 bits per heavy atom. The van der Waals surface area contributed by atoms with Crippen LogP contribution in [0.15, 0.2) is 121 Å². The van der Waals surface area contributed by atoms with Crippen LogP contribution in [0.5, 0.6) is 0 Å². The molecule has 0 saturated carbocycles. The largest absolute Gasteiger partial charge is 0.147 e. The summed E-state index contributed by atoms with van der Waals surface area (Å²) in [5.41, 5.74) is 8.76. The Bertz CT molecular complexity index is 1330. The van der Waals surface area contributed by atoms with E-state index in [1.807, 2.05) is 0 Å². The molecule has 35 heavy (non-hydrogen) atoms. The molecule has 0 radical (unpaired) electrons. The fraction of sp³-hybridized carbons (Fsp3) is 0.161. The standard InChI is InChI=1S/2C12H11.C6H5.CH3.2ClH.GeH2.Zr/c2*1-10-7-8-12(9-10)11-5-3-2-4-6-11;1-2-4-6-5-3-1;;;;;/h2*2-6,9H,8H2,1H3;1-5H;1H3;2*1H;1H2;. The molecule has 0 spiro atoms. The molecule has 0 unspecified atom stereocenters. The third-order valence-corrected chi connectivity index (χ3v) is 39.1. The van der Waals surface area contributed by atoms with Crippen molar-refractivity contribution in [3.05, 3.63) is 132 Å². The van der Waals surface area contributed by atoms with Crippen LogP contribution in [0.3, 0.4) is 0 Å². The topological polar surface area (TPSA) is 0 Å². The van der Waals surface area contributed by atoms with Gasteiger partial charge in [-0.3, -0.25) is 0 Å². The van der Waals surface area contributed by atoms with Crippen molar-refractivity contribution >= 4 is 51.4 Å². The molecule has 0 heterocycles. The Labute approximate surface area is 228 Å². The summed E-state index contributed by atoms with van der Waals surface area (Å²) in [4.78, 5) is 0. The van der Waals surface area contributed by atoms with E-state index in [1.165, 1.54) is 45.6 Å². The third kappa shape index (κ3) is 4.95. The molecule has 0 aliphatic heterocycles. The van der Waals surface area contributed by atoms with Gasteiger partial charge in [0.05, 0.1) is 0 Å². The molecule has 180 valence electrons. The zero-order valence-electron chi connectivity index (χ0n) is 20.8. The van der Waals surface area contributed by atoms with Gasteiger partial charge in [-0.2, -0.15) is 0 Å². The molecule has 2 aliphatic carbocycles. The minimum absolute atomic E-state index is 0. The monoisotopic (exact) mass is 640 g/mol. The van der Waals surface area contributed by atoms with Crippen LogP contribution in [0.1, 0.15) is 37.8 Å². The summed E-state index contributed by atoms with van der Waals surface area (Å²) in [7, 11) is 0. The number of rotatable bonds is 5. The Balaban J connectivity index is 0.00000171. The van der Waals surface area contributed by atoms with E-state index in [1.54, 1.807) is 9.83 Å². The molecule has 0 nitrogen and oxygen atoms in total. The number of hydrogen-bond donors (Lipinski definition) is 0. The summed E-state index contributed by atoms with van der Waals surface area (Å²) in [6.45, 7) is 4.74. The smallest absolute Gasteiger partial charge is 0.147 e. The molecule has 0 atom stereocenters. The Morgan fingerprint density at radius 3 is 1.29 bits per heavy atom. The first kappa shape index (κ1) is 28.2. The second-order valence-corrected chi connectivity index (χ2v) is 46.3. The van der Waals surface area contributed by atoms with Crippen molar-refractivity contribution in [1.82, 2.24) is 0 Å². The zero-order valence-corrected chi connectivity index (χ0v) is 27.8. The third-order valence-electron chi connectivity index (χ3n) is 7.95. The first-order chi connectivity index (χ1) is 15.9. The van der Waals surface area contributed by atoms with Crippen molar-refractivity contribution < 1.29 is 15.7 Å². The van der Waals surface area contributed by atoms with E-state index in [2.05, 4.69) is 122 Å². The molecular weight excluding hydrogens is 607 g/mol. The van der Waals surface area contributed by atoms with Crippen molar-refractivity contribution in [2.45, 2.75) is 31.3 Å². The molecule has 0 fully saturated rings. The number of allylic oxidation sites excluding steroid dienone is 8. The van der Waals surface area contributed by atoms with Crippen LogP contribution in [-0.2, 0) is 15.7 Å². The molecule has 0 amide bonds. The molecule has 3 aromatic carbocycles. The summed E-state index contributed by atoms with van der Waals surface area (Å²) in [5, 5.41) is 0. The van der Waals surface area contributed by atoms with Gasteiger partial charge < -0.3 is 0 Å². The molecule has 0 N–H and O–H groups in total. The van der Waals surface area contributed by atoms with Gasteiger partial charge in [0.2, 0.25) is 0 Å². The van der Waals surface area contributed by atoms with Gasteiger partial charge in [0.25, 0.3) is 0 Å². The van der Waals surface area contributed by atoms with Crippen LogP contribution < -0.4 is 3.27 Å². The molecular formula is C31H34Cl2GeZr. The van der Waals surface area contributed by atoms with E-state index in [4.69, 9.17) is 0 Å². The summed E-state index contributed by atoms with van der Waals surface area (Å²) in [6, 6.07) is 33.5. The first-order valence-electron chi connectivity index (χ1n) is 11.9. The van der Waals surface area contributed by atoms with Crippen LogP contribution in [0.4, 0.5) is 0 Å². The summed E-state index contributed by atoms with van der Waals surface area (Å²) in [5.74, 6) is 0. The second kappa shape index (κ2) is 10.9. The number of benzene rings is 3. The van der Waals surface area contributed by atoms with Crippen LogP contribution in [0.25, 0.3) is 11.1 Å². The molecule has 4 heteroatoms. The van der Waals surface area contributed by atoms with Crippen molar-refractivity contribution in [1.29, 1.82) is 0 Å². The minimum Gasteiger partial charge on any atom is -0.147 e. The number of hydrogen-bond acceptors (Lipinski definition) is 0. The van der Waals surface area contributed by atoms with E-state index < -0.39 is 15.7 Å². The van der Waals surface area contributed by atoms with Crippen LogP contribution in [0.2, 0.25) is 4.63 Å². The van der Waals surface area contributed by atoms with Gasteiger partial charge in [0.15, 0.2) is 0 Å². The van der Waals surface area contributed by atoms with Gasteiger partial charge in [0, 0.05) is 0 Å². The summed E-state index contributed by atoms with van der Waals surface area (Å²) < 4.78 is 7.92. The Hall–Kier alpha value is -1.37. The molecule has 3 aromatic rings. The van der Waals surface area contributed by atoms with Gasteiger partial charge in [-0.25, -0.2) is 0 Å². The van der Waals surface area contributed by atoms with Crippen molar-refractivity contribution in [3.8, 4) is 0 Å². The van der Waals surface area contributed by atoms with Crippen molar-refractivity contribution in [3.63, 3.8) is 0 Å². The summed E-state index contributed by atoms with van der Waals surface area (Å²) in [6.07, 6.45) is 7.17. The van der Waals surface area contributed by atoms with Crippen molar-refractivity contribution in [2.24, 2.45) is 0 Å². The van der Waals surface area contributed by atoms with Crippen LogP contribution in [0, 0.1) is 0 Å². The van der Waals surface area contributed by atoms with E-state index >= 15 is 0 Å². The second-order valence-electron chi connectivity index (χ2n) is 10.1. The fourth-order valence-corrected chi connectivity index (χ4v) is 33.2. The SMILES string of the molecule is CC1=[C]([Zr]([CH3])(=[GeH2])([C]2=C(C)C=C(c3ccccc3)C2)[c]2ccccc2)CC(c2ccccc2)=C1.Cl.Cl. The average molecular weight is 641 g/mol. The van der Waals surface area contributed by atoms with Crippen LogP contribution in [-0.4, -0.2) is 12.1 Å². The fourth-order valence-electron chi connectivity index (χ4n) is 6.10. The zero-order chi connectivity index (χ0) is 23.1. The van der Waals surface area contributed by atoms with Gasteiger partial charge in [-0.05, 0) is 0 Å². The minimum atomic E-state index is -3.66. The summed E-state index contributed by atoms with van der Waals surface area (Å²) >= 11 is -2.30. The molecule has 0 aromatic heterocycles. The van der Waals surface area contributed by atoms with Gasteiger partial charge in [-0.15, -0.1) is 24.8 Å².